The second kappa shape index (κ2) is 5.86. The first kappa shape index (κ1) is 14.2. The molecule has 0 aliphatic heterocycles. The van der Waals surface area contributed by atoms with Gasteiger partial charge in [0.15, 0.2) is 0 Å². The van der Waals surface area contributed by atoms with E-state index in [0.717, 1.165) is 16.0 Å². The van der Waals surface area contributed by atoms with Gasteiger partial charge in [0.25, 0.3) is 0 Å². The van der Waals surface area contributed by atoms with Crippen LogP contribution in [0.15, 0.2) is 41.8 Å². The van der Waals surface area contributed by atoms with Crippen molar-refractivity contribution in [1.29, 1.82) is 0 Å². The maximum Gasteiger partial charge on any atom is 0.218 e. The van der Waals surface area contributed by atoms with E-state index in [-0.39, 0.29) is 5.75 Å². The number of thiophene rings is 1. The van der Waals surface area contributed by atoms with Crippen LogP contribution in [-0.2, 0) is 22.3 Å². The number of benzene rings is 1. The Labute approximate surface area is 118 Å². The molecule has 3 nitrogen and oxygen atoms in total. The van der Waals surface area contributed by atoms with Gasteiger partial charge in [0.05, 0.1) is 5.75 Å². The van der Waals surface area contributed by atoms with E-state index >= 15 is 0 Å². The van der Waals surface area contributed by atoms with Crippen LogP contribution in [0.1, 0.15) is 16.0 Å². The lowest BCUT2D eigenvalue weighted by Gasteiger charge is -2.17. The molecule has 2 rings (SSSR count). The highest BCUT2D eigenvalue weighted by Crippen LogP contribution is 2.19. The van der Waals surface area contributed by atoms with Crippen LogP contribution in [0.4, 0.5) is 0 Å². The third-order valence-corrected chi connectivity index (χ3v) is 5.79. The summed E-state index contributed by atoms with van der Waals surface area (Å²) >= 11 is 1.59. The molecule has 19 heavy (non-hydrogen) atoms. The molecule has 0 N–H and O–H groups in total. The lowest BCUT2D eigenvalue weighted by atomic mass is 10.2. The molecular weight excluding hydrogens is 278 g/mol. The minimum absolute atomic E-state index is 0.0504. The highest BCUT2D eigenvalue weighted by atomic mass is 32.2. The van der Waals surface area contributed by atoms with E-state index in [0.29, 0.717) is 6.54 Å². The minimum atomic E-state index is -3.27. The van der Waals surface area contributed by atoms with Gasteiger partial charge in [0.2, 0.25) is 10.0 Å². The summed E-state index contributed by atoms with van der Waals surface area (Å²) in [7, 11) is -1.63. The molecule has 0 atom stereocenters. The van der Waals surface area contributed by atoms with Crippen LogP contribution >= 0.6 is 11.3 Å². The third-order valence-electron chi connectivity index (χ3n) is 3.00. The van der Waals surface area contributed by atoms with E-state index in [9.17, 15) is 8.42 Å². The Morgan fingerprint density at radius 3 is 2.42 bits per heavy atom. The van der Waals surface area contributed by atoms with Crippen molar-refractivity contribution in [3.05, 3.63) is 57.8 Å². The van der Waals surface area contributed by atoms with Gasteiger partial charge in [-0.2, -0.15) is 4.31 Å². The van der Waals surface area contributed by atoms with Crippen molar-refractivity contribution in [2.75, 3.05) is 7.05 Å². The van der Waals surface area contributed by atoms with Gasteiger partial charge < -0.3 is 0 Å². The number of sulfonamides is 1. The zero-order valence-electron chi connectivity index (χ0n) is 11.0. The Bertz CT molecular complexity index is 632. The molecule has 0 bridgehead atoms. The lowest BCUT2D eigenvalue weighted by Crippen LogP contribution is -2.27. The summed E-state index contributed by atoms with van der Waals surface area (Å²) in [4.78, 5) is 1.10. The van der Waals surface area contributed by atoms with Crippen LogP contribution in [0.5, 0.6) is 0 Å². The van der Waals surface area contributed by atoms with Crippen LogP contribution in [0.25, 0.3) is 0 Å². The van der Waals surface area contributed by atoms with Gasteiger partial charge >= 0.3 is 0 Å². The van der Waals surface area contributed by atoms with Crippen LogP contribution < -0.4 is 0 Å². The standard InChI is InChI=1S/C14H17NO2S2/c1-12-8-9-18-14(12)10-15(2)19(16,17)11-13-6-4-3-5-7-13/h3-9H,10-11H2,1-2H3. The van der Waals surface area contributed by atoms with Crippen LogP contribution in [-0.4, -0.2) is 19.8 Å². The van der Waals surface area contributed by atoms with Crippen LogP contribution in [0, 0.1) is 6.92 Å². The fourth-order valence-corrected chi connectivity index (χ4v) is 3.96. The minimum Gasteiger partial charge on any atom is -0.212 e. The first-order valence-corrected chi connectivity index (χ1v) is 8.49. The van der Waals surface area contributed by atoms with E-state index < -0.39 is 10.0 Å². The fraction of sp³-hybridized carbons (Fsp3) is 0.286. The molecule has 1 heterocycles. The van der Waals surface area contributed by atoms with E-state index in [1.807, 2.05) is 48.7 Å². The van der Waals surface area contributed by atoms with Gasteiger partial charge in [-0.3, -0.25) is 0 Å². The molecule has 0 radical (unpaired) electrons. The van der Waals surface area contributed by atoms with E-state index in [4.69, 9.17) is 0 Å². The molecule has 1 aromatic carbocycles. The predicted molar refractivity (Wildman–Crippen MR) is 79.6 cm³/mol. The highest BCUT2D eigenvalue weighted by molar-refractivity contribution is 7.88. The summed E-state index contributed by atoms with van der Waals surface area (Å²) in [5.74, 6) is 0.0504. The molecule has 0 amide bonds. The van der Waals surface area contributed by atoms with Crippen molar-refractivity contribution in [3.63, 3.8) is 0 Å². The Morgan fingerprint density at radius 2 is 1.84 bits per heavy atom. The third kappa shape index (κ3) is 3.65. The number of rotatable bonds is 5. The SMILES string of the molecule is Cc1ccsc1CN(C)S(=O)(=O)Cc1ccccc1. The summed E-state index contributed by atoms with van der Waals surface area (Å²) in [5.41, 5.74) is 1.96. The summed E-state index contributed by atoms with van der Waals surface area (Å²) in [5, 5.41) is 1.99. The van der Waals surface area contributed by atoms with E-state index in [1.54, 1.807) is 18.4 Å². The second-order valence-electron chi connectivity index (χ2n) is 4.52. The van der Waals surface area contributed by atoms with Crippen molar-refractivity contribution in [2.45, 2.75) is 19.2 Å². The molecule has 0 spiro atoms. The molecule has 102 valence electrons. The van der Waals surface area contributed by atoms with E-state index in [1.165, 1.54) is 4.31 Å². The Kier molecular flexibility index (Phi) is 4.39. The predicted octanol–water partition coefficient (Wildman–Crippen LogP) is 3.02. The monoisotopic (exact) mass is 295 g/mol. The van der Waals surface area contributed by atoms with Crippen LogP contribution in [0.3, 0.4) is 0 Å². The molecular formula is C14H17NO2S2. The molecule has 5 heteroatoms. The molecule has 0 saturated carbocycles. The van der Waals surface area contributed by atoms with Crippen molar-refractivity contribution in [3.8, 4) is 0 Å². The maximum atomic E-state index is 12.3. The van der Waals surface area contributed by atoms with E-state index in [2.05, 4.69) is 0 Å². The Hall–Kier alpha value is -1.17. The van der Waals surface area contributed by atoms with Gasteiger partial charge in [-0.05, 0) is 29.5 Å². The number of hydrogen-bond donors (Lipinski definition) is 0. The summed E-state index contributed by atoms with van der Waals surface area (Å²) in [6.45, 7) is 2.45. The maximum absolute atomic E-state index is 12.3. The normalized spacial score (nSPS) is 11.9. The zero-order chi connectivity index (χ0) is 13.9. The Morgan fingerprint density at radius 1 is 1.16 bits per heavy atom. The summed E-state index contributed by atoms with van der Waals surface area (Å²) in [6, 6.07) is 11.3. The average molecular weight is 295 g/mol. The van der Waals surface area contributed by atoms with Crippen molar-refractivity contribution >= 4 is 21.4 Å². The van der Waals surface area contributed by atoms with Gasteiger partial charge in [-0.1, -0.05) is 30.3 Å². The number of nitrogens with zero attached hydrogens (tertiary/aromatic N) is 1. The van der Waals surface area contributed by atoms with Gasteiger partial charge in [-0.15, -0.1) is 11.3 Å². The van der Waals surface area contributed by atoms with Crippen LogP contribution in [0.2, 0.25) is 0 Å². The lowest BCUT2D eigenvalue weighted by molar-refractivity contribution is 0.468. The van der Waals surface area contributed by atoms with Gasteiger partial charge in [0.1, 0.15) is 0 Å². The van der Waals surface area contributed by atoms with Crippen molar-refractivity contribution in [2.24, 2.45) is 0 Å². The smallest absolute Gasteiger partial charge is 0.212 e. The molecule has 0 fully saturated rings. The first-order valence-electron chi connectivity index (χ1n) is 6.00. The highest BCUT2D eigenvalue weighted by Gasteiger charge is 2.19. The average Bonchev–Trinajstić information content (AvgIpc) is 2.76. The largest absolute Gasteiger partial charge is 0.218 e. The van der Waals surface area contributed by atoms with Gasteiger partial charge in [-0.25, -0.2) is 8.42 Å². The molecule has 0 aliphatic carbocycles. The Balaban J connectivity index is 2.09. The second-order valence-corrected chi connectivity index (χ2v) is 7.60. The van der Waals surface area contributed by atoms with Gasteiger partial charge in [0, 0.05) is 18.5 Å². The fourth-order valence-electron chi connectivity index (χ4n) is 1.76. The van der Waals surface area contributed by atoms with Crippen molar-refractivity contribution < 1.29 is 8.42 Å². The molecule has 0 unspecified atom stereocenters. The quantitative estimate of drug-likeness (QED) is 0.850. The molecule has 0 saturated heterocycles. The molecule has 2 aromatic rings. The number of hydrogen-bond acceptors (Lipinski definition) is 3. The zero-order valence-corrected chi connectivity index (χ0v) is 12.7. The van der Waals surface area contributed by atoms with Crippen molar-refractivity contribution in [1.82, 2.24) is 4.31 Å². The summed E-state index contributed by atoms with van der Waals surface area (Å²) in [6.07, 6.45) is 0. The number of aryl methyl sites for hydroxylation is 1. The molecule has 0 aliphatic rings. The molecule has 1 aromatic heterocycles. The first-order chi connectivity index (χ1) is 8.99. The summed E-state index contributed by atoms with van der Waals surface area (Å²) < 4.78 is 26.0. The topological polar surface area (TPSA) is 37.4 Å².